The molecule has 6 heteroatoms. The van der Waals surface area contributed by atoms with Crippen molar-refractivity contribution in [1.29, 1.82) is 5.26 Å². The fourth-order valence-electron chi connectivity index (χ4n) is 4.76. The maximum Gasteiger partial charge on any atom is 0.161 e. The Hall–Kier alpha value is -1.81. The molecule has 1 N–H and O–H groups in total. The van der Waals surface area contributed by atoms with Gasteiger partial charge in [0.25, 0.3) is 0 Å². The zero-order chi connectivity index (χ0) is 20.8. The van der Waals surface area contributed by atoms with E-state index in [1.165, 1.54) is 11.1 Å². The Balaban J connectivity index is 1.52. The first-order valence-electron chi connectivity index (χ1n) is 10.6. The fraction of sp³-hybridized carbons (Fsp3) is 0.696. The number of rotatable bonds is 4. The smallest absolute Gasteiger partial charge is 0.161 e. The van der Waals surface area contributed by atoms with Gasteiger partial charge >= 0.3 is 0 Å². The van der Waals surface area contributed by atoms with Gasteiger partial charge in [0.05, 0.1) is 36.9 Å². The van der Waals surface area contributed by atoms with Crippen LogP contribution in [-0.4, -0.2) is 54.1 Å². The number of hydrogen-bond donors (Lipinski definition) is 1. The molecular weight excluding hydrogens is 368 g/mol. The van der Waals surface area contributed by atoms with Crippen molar-refractivity contribution in [2.45, 2.75) is 76.4 Å². The Morgan fingerprint density at radius 3 is 2.59 bits per heavy atom. The lowest BCUT2D eigenvalue weighted by Crippen LogP contribution is -2.53. The molecule has 2 heterocycles. The highest BCUT2D eigenvalue weighted by Gasteiger charge is 2.41. The Labute approximate surface area is 173 Å². The topological polar surface area (TPSA) is 75.0 Å². The third-order valence-corrected chi connectivity index (χ3v) is 6.28. The van der Waals surface area contributed by atoms with Crippen molar-refractivity contribution in [3.8, 4) is 17.6 Å². The lowest BCUT2D eigenvalue weighted by molar-refractivity contribution is -0.149. The van der Waals surface area contributed by atoms with E-state index in [1.807, 2.05) is 20.8 Å². The molecule has 3 aliphatic rings. The number of benzene rings is 1. The third-order valence-electron chi connectivity index (χ3n) is 6.28. The fourth-order valence-corrected chi connectivity index (χ4v) is 4.76. The summed E-state index contributed by atoms with van der Waals surface area (Å²) in [5.74, 6) is 1.61. The summed E-state index contributed by atoms with van der Waals surface area (Å²) >= 11 is 0. The Kier molecular flexibility index (Phi) is 5.50. The van der Waals surface area contributed by atoms with Crippen molar-refractivity contribution in [2.75, 3.05) is 20.2 Å². The molecule has 3 atom stereocenters. The molecule has 0 unspecified atom stereocenters. The van der Waals surface area contributed by atoms with E-state index in [-0.39, 0.29) is 29.8 Å². The summed E-state index contributed by atoms with van der Waals surface area (Å²) in [6, 6.07) is 6.66. The number of fused-ring (bicyclic) bond motifs is 3. The van der Waals surface area contributed by atoms with Gasteiger partial charge in [-0.2, -0.15) is 5.26 Å². The van der Waals surface area contributed by atoms with Crippen LogP contribution in [0.4, 0.5) is 0 Å². The molecule has 0 spiro atoms. The summed E-state index contributed by atoms with van der Waals surface area (Å²) in [4.78, 5) is 2.43. The quantitative estimate of drug-likeness (QED) is 0.836. The van der Waals surface area contributed by atoms with Crippen LogP contribution < -0.4 is 9.47 Å². The van der Waals surface area contributed by atoms with E-state index >= 15 is 0 Å². The SMILES string of the molecule is COc1cc2c(cc1OC1CC(C#N)C1)CCN1C[C@@H](OC(C)(C)C)[C@H](O)C[C@H]21. The van der Waals surface area contributed by atoms with Gasteiger partial charge < -0.3 is 19.3 Å². The molecule has 1 saturated heterocycles. The molecule has 1 aromatic carbocycles. The molecule has 0 radical (unpaired) electrons. The van der Waals surface area contributed by atoms with E-state index in [1.54, 1.807) is 7.11 Å². The first kappa shape index (κ1) is 20.5. The van der Waals surface area contributed by atoms with Gasteiger partial charge in [-0.15, -0.1) is 0 Å². The van der Waals surface area contributed by atoms with Gasteiger partial charge in [-0.25, -0.2) is 0 Å². The molecule has 6 nitrogen and oxygen atoms in total. The lowest BCUT2D eigenvalue weighted by Gasteiger charge is -2.47. The van der Waals surface area contributed by atoms with Crippen molar-refractivity contribution < 1.29 is 19.3 Å². The predicted octanol–water partition coefficient (Wildman–Crippen LogP) is 3.22. The summed E-state index contributed by atoms with van der Waals surface area (Å²) in [5.41, 5.74) is 2.21. The van der Waals surface area contributed by atoms with Crippen molar-refractivity contribution in [3.05, 3.63) is 23.3 Å². The Bertz CT molecular complexity index is 791. The van der Waals surface area contributed by atoms with E-state index in [2.05, 4.69) is 23.1 Å². The van der Waals surface area contributed by atoms with E-state index in [4.69, 9.17) is 19.5 Å². The number of hydrogen-bond acceptors (Lipinski definition) is 6. The summed E-state index contributed by atoms with van der Waals surface area (Å²) in [6.45, 7) is 7.78. The van der Waals surface area contributed by atoms with E-state index in [0.29, 0.717) is 6.42 Å². The minimum atomic E-state index is -0.485. The molecule has 0 amide bonds. The number of nitrogens with zero attached hydrogens (tertiary/aromatic N) is 2. The molecule has 29 heavy (non-hydrogen) atoms. The largest absolute Gasteiger partial charge is 0.493 e. The van der Waals surface area contributed by atoms with Crippen LogP contribution in [0.5, 0.6) is 11.5 Å². The van der Waals surface area contributed by atoms with Gasteiger partial charge in [-0.3, -0.25) is 4.90 Å². The molecule has 4 rings (SSSR count). The maximum absolute atomic E-state index is 10.8. The van der Waals surface area contributed by atoms with Gasteiger partial charge in [-0.05, 0) is 56.9 Å². The monoisotopic (exact) mass is 400 g/mol. The molecule has 0 aromatic heterocycles. The van der Waals surface area contributed by atoms with Gasteiger partial charge in [0.15, 0.2) is 11.5 Å². The molecule has 2 aliphatic heterocycles. The van der Waals surface area contributed by atoms with E-state index in [0.717, 1.165) is 43.9 Å². The second-order valence-corrected chi connectivity index (χ2v) is 9.57. The van der Waals surface area contributed by atoms with Crippen molar-refractivity contribution in [2.24, 2.45) is 5.92 Å². The van der Waals surface area contributed by atoms with E-state index in [9.17, 15) is 5.11 Å². The minimum Gasteiger partial charge on any atom is -0.493 e. The standard InChI is InChI=1S/C23H32N2O4/c1-23(2,3)29-22-13-25-6-5-15-9-21(28-16-7-14(8-16)12-24)20(27-4)10-17(15)18(25)11-19(22)26/h9-10,14,16,18-19,22,26H,5-8,11,13H2,1-4H3/t14?,16?,18-,19-,22-/m1/s1. The maximum atomic E-state index is 10.8. The molecule has 0 bridgehead atoms. The molecular formula is C23H32N2O4. The number of nitriles is 1. The van der Waals surface area contributed by atoms with Gasteiger partial charge in [0, 0.05) is 32.0 Å². The second-order valence-electron chi connectivity index (χ2n) is 9.57. The summed E-state index contributed by atoms with van der Waals surface area (Å²) in [5, 5.41) is 19.7. The molecule has 2 fully saturated rings. The number of piperidine rings is 1. The Morgan fingerprint density at radius 2 is 1.93 bits per heavy atom. The number of aliphatic hydroxyl groups is 1. The number of aliphatic hydroxyl groups excluding tert-OH is 1. The Morgan fingerprint density at radius 1 is 1.17 bits per heavy atom. The van der Waals surface area contributed by atoms with E-state index < -0.39 is 6.10 Å². The summed E-state index contributed by atoms with van der Waals surface area (Å²) in [6.07, 6.45) is 2.62. The molecule has 1 aliphatic carbocycles. The molecule has 1 aromatic rings. The highest BCUT2D eigenvalue weighted by molar-refractivity contribution is 5.50. The van der Waals surface area contributed by atoms with Crippen molar-refractivity contribution >= 4 is 0 Å². The van der Waals surface area contributed by atoms with Crippen LogP contribution in [-0.2, 0) is 11.2 Å². The summed E-state index contributed by atoms with van der Waals surface area (Å²) in [7, 11) is 1.66. The zero-order valence-corrected chi connectivity index (χ0v) is 17.9. The highest BCUT2D eigenvalue weighted by atomic mass is 16.5. The first-order valence-corrected chi connectivity index (χ1v) is 10.6. The third kappa shape index (κ3) is 4.23. The average Bonchev–Trinajstić information content (AvgIpc) is 2.63. The first-order chi connectivity index (χ1) is 13.8. The average molecular weight is 401 g/mol. The van der Waals surface area contributed by atoms with Gasteiger partial charge in [0.2, 0.25) is 0 Å². The van der Waals surface area contributed by atoms with Crippen LogP contribution in [0, 0.1) is 17.2 Å². The van der Waals surface area contributed by atoms with Crippen LogP contribution in [0.1, 0.15) is 57.2 Å². The summed E-state index contributed by atoms with van der Waals surface area (Å²) < 4.78 is 17.9. The molecule has 1 saturated carbocycles. The van der Waals surface area contributed by atoms with Crippen molar-refractivity contribution in [1.82, 2.24) is 4.90 Å². The van der Waals surface area contributed by atoms with Crippen LogP contribution in [0.3, 0.4) is 0 Å². The minimum absolute atomic E-state index is 0.0958. The number of methoxy groups -OCH3 is 1. The van der Waals surface area contributed by atoms with Crippen molar-refractivity contribution in [3.63, 3.8) is 0 Å². The van der Waals surface area contributed by atoms with Gasteiger partial charge in [-0.1, -0.05) is 0 Å². The number of ether oxygens (including phenoxy) is 3. The van der Waals surface area contributed by atoms with Crippen LogP contribution >= 0.6 is 0 Å². The van der Waals surface area contributed by atoms with Crippen LogP contribution in [0.25, 0.3) is 0 Å². The molecule has 158 valence electrons. The highest BCUT2D eigenvalue weighted by Crippen LogP contribution is 2.44. The second kappa shape index (κ2) is 7.79. The van der Waals surface area contributed by atoms with Crippen LogP contribution in [0.2, 0.25) is 0 Å². The van der Waals surface area contributed by atoms with Crippen LogP contribution in [0.15, 0.2) is 12.1 Å². The zero-order valence-electron chi connectivity index (χ0n) is 17.9. The predicted molar refractivity (Wildman–Crippen MR) is 109 cm³/mol. The van der Waals surface area contributed by atoms with Gasteiger partial charge in [0.1, 0.15) is 6.10 Å². The normalized spacial score (nSPS) is 31.8. The lowest BCUT2D eigenvalue weighted by atomic mass is 9.83.